The summed E-state index contributed by atoms with van der Waals surface area (Å²) in [5.74, 6) is 0.220. The Morgan fingerprint density at radius 3 is 2.42 bits per heavy atom. The van der Waals surface area contributed by atoms with Gasteiger partial charge >= 0.3 is 0 Å². The SMILES string of the molecule is CCOCCCNC(=O)[C@@H](C)NS(=O)(=O)c1ccc(OCC)cc1. The molecule has 0 aromatic heterocycles. The summed E-state index contributed by atoms with van der Waals surface area (Å²) in [6.45, 7) is 7.38. The van der Waals surface area contributed by atoms with Crippen LogP contribution in [0.1, 0.15) is 27.2 Å². The minimum Gasteiger partial charge on any atom is -0.494 e. The minimum absolute atomic E-state index is 0.0851. The van der Waals surface area contributed by atoms with E-state index >= 15 is 0 Å². The molecule has 2 N–H and O–H groups in total. The Kier molecular flexibility index (Phi) is 8.73. The van der Waals surface area contributed by atoms with Crippen molar-refractivity contribution in [3.63, 3.8) is 0 Å². The number of sulfonamides is 1. The van der Waals surface area contributed by atoms with E-state index in [-0.39, 0.29) is 10.8 Å². The smallest absolute Gasteiger partial charge is 0.241 e. The van der Waals surface area contributed by atoms with E-state index in [9.17, 15) is 13.2 Å². The molecule has 0 spiro atoms. The van der Waals surface area contributed by atoms with Gasteiger partial charge in [0.05, 0.1) is 17.5 Å². The molecule has 0 heterocycles. The van der Waals surface area contributed by atoms with Crippen LogP contribution in [0, 0.1) is 0 Å². The topological polar surface area (TPSA) is 93.7 Å². The van der Waals surface area contributed by atoms with Gasteiger partial charge in [-0.05, 0) is 51.5 Å². The zero-order valence-corrected chi connectivity index (χ0v) is 15.2. The van der Waals surface area contributed by atoms with Gasteiger partial charge in [-0.3, -0.25) is 4.79 Å². The number of ether oxygens (including phenoxy) is 2. The van der Waals surface area contributed by atoms with Crippen LogP contribution in [0.4, 0.5) is 0 Å². The maximum Gasteiger partial charge on any atom is 0.241 e. The van der Waals surface area contributed by atoms with Gasteiger partial charge in [0.15, 0.2) is 0 Å². The first-order chi connectivity index (χ1) is 11.4. The normalized spacial score (nSPS) is 12.6. The van der Waals surface area contributed by atoms with Crippen LogP contribution < -0.4 is 14.8 Å². The van der Waals surface area contributed by atoms with Crippen LogP contribution in [0.2, 0.25) is 0 Å². The summed E-state index contributed by atoms with van der Waals surface area (Å²) in [5, 5.41) is 2.68. The van der Waals surface area contributed by atoms with Crippen LogP contribution in [0.3, 0.4) is 0 Å². The Balaban J connectivity index is 2.54. The van der Waals surface area contributed by atoms with Crippen molar-refractivity contribution in [2.45, 2.75) is 38.1 Å². The molecule has 0 unspecified atom stereocenters. The Hall–Kier alpha value is -1.64. The fourth-order valence-electron chi connectivity index (χ4n) is 1.92. The van der Waals surface area contributed by atoms with E-state index in [4.69, 9.17) is 9.47 Å². The molecule has 1 aromatic carbocycles. The van der Waals surface area contributed by atoms with Crippen LogP contribution in [0.15, 0.2) is 29.2 Å². The monoisotopic (exact) mass is 358 g/mol. The predicted octanol–water partition coefficient (Wildman–Crippen LogP) is 1.29. The highest BCUT2D eigenvalue weighted by atomic mass is 32.2. The number of carbonyl (C=O) groups is 1. The molecule has 24 heavy (non-hydrogen) atoms. The highest BCUT2D eigenvalue weighted by molar-refractivity contribution is 7.89. The second kappa shape index (κ2) is 10.3. The molecule has 0 saturated heterocycles. The molecule has 7 nitrogen and oxygen atoms in total. The van der Waals surface area contributed by atoms with E-state index in [2.05, 4.69) is 10.0 Å². The molecule has 1 aromatic rings. The van der Waals surface area contributed by atoms with Crippen molar-refractivity contribution in [3.8, 4) is 5.75 Å². The second-order valence-corrected chi connectivity index (χ2v) is 6.80. The average molecular weight is 358 g/mol. The summed E-state index contributed by atoms with van der Waals surface area (Å²) >= 11 is 0. The number of carbonyl (C=O) groups excluding carboxylic acids is 1. The van der Waals surface area contributed by atoms with Gasteiger partial charge in [0, 0.05) is 19.8 Å². The number of benzene rings is 1. The van der Waals surface area contributed by atoms with Crippen LogP contribution in [-0.4, -0.2) is 46.7 Å². The second-order valence-electron chi connectivity index (χ2n) is 5.09. The summed E-state index contributed by atoms with van der Waals surface area (Å²) in [6.07, 6.45) is 0.679. The standard InChI is InChI=1S/C16H26N2O5S/c1-4-22-12-6-11-17-16(19)13(3)18-24(20,21)15-9-7-14(8-10-15)23-5-2/h7-10,13,18H,4-6,11-12H2,1-3H3,(H,17,19)/t13-/m1/s1. The lowest BCUT2D eigenvalue weighted by atomic mass is 10.3. The molecule has 1 amide bonds. The summed E-state index contributed by atoms with van der Waals surface area (Å²) in [7, 11) is -3.77. The molecular weight excluding hydrogens is 332 g/mol. The predicted molar refractivity (Wildman–Crippen MR) is 91.5 cm³/mol. The van der Waals surface area contributed by atoms with Gasteiger partial charge in [0.1, 0.15) is 5.75 Å². The summed E-state index contributed by atoms with van der Waals surface area (Å²) in [4.78, 5) is 12.0. The van der Waals surface area contributed by atoms with E-state index in [0.717, 1.165) is 0 Å². The summed E-state index contributed by atoms with van der Waals surface area (Å²) in [6, 6.07) is 5.18. The van der Waals surface area contributed by atoms with Crippen molar-refractivity contribution in [1.82, 2.24) is 10.0 Å². The molecule has 0 aliphatic carbocycles. The Bertz CT molecular complexity index is 601. The van der Waals surface area contributed by atoms with Crippen LogP contribution >= 0.6 is 0 Å². The third kappa shape index (κ3) is 6.86. The molecule has 0 bridgehead atoms. The number of hydrogen-bond donors (Lipinski definition) is 2. The van der Waals surface area contributed by atoms with Crippen LogP contribution in [0.5, 0.6) is 5.75 Å². The van der Waals surface area contributed by atoms with Gasteiger partial charge in [-0.25, -0.2) is 8.42 Å². The molecule has 1 atom stereocenters. The average Bonchev–Trinajstić information content (AvgIpc) is 2.55. The van der Waals surface area contributed by atoms with E-state index < -0.39 is 16.1 Å². The quantitative estimate of drug-likeness (QED) is 0.582. The fraction of sp³-hybridized carbons (Fsp3) is 0.562. The number of amides is 1. The van der Waals surface area contributed by atoms with Crippen LogP contribution in [-0.2, 0) is 19.6 Å². The summed E-state index contributed by atoms with van der Waals surface area (Å²) in [5.41, 5.74) is 0. The van der Waals surface area contributed by atoms with E-state index in [1.165, 1.54) is 19.1 Å². The van der Waals surface area contributed by atoms with E-state index in [1.807, 2.05) is 13.8 Å². The molecule has 0 aliphatic heterocycles. The van der Waals surface area contributed by atoms with Gasteiger partial charge in [-0.1, -0.05) is 0 Å². The molecule has 0 radical (unpaired) electrons. The first-order valence-corrected chi connectivity index (χ1v) is 9.49. The third-order valence-electron chi connectivity index (χ3n) is 3.14. The maximum atomic E-state index is 12.3. The van der Waals surface area contributed by atoms with Gasteiger partial charge < -0.3 is 14.8 Å². The van der Waals surface area contributed by atoms with Crippen molar-refractivity contribution < 1.29 is 22.7 Å². The Morgan fingerprint density at radius 1 is 1.17 bits per heavy atom. The highest BCUT2D eigenvalue weighted by Gasteiger charge is 2.21. The van der Waals surface area contributed by atoms with Crippen molar-refractivity contribution in [2.75, 3.05) is 26.4 Å². The first kappa shape index (κ1) is 20.4. The maximum absolute atomic E-state index is 12.3. The molecule has 1 rings (SSSR count). The third-order valence-corrected chi connectivity index (χ3v) is 4.70. The minimum atomic E-state index is -3.77. The Morgan fingerprint density at radius 2 is 1.83 bits per heavy atom. The van der Waals surface area contributed by atoms with E-state index in [1.54, 1.807) is 12.1 Å². The molecule has 8 heteroatoms. The molecular formula is C16H26N2O5S. The van der Waals surface area contributed by atoms with Crippen molar-refractivity contribution in [1.29, 1.82) is 0 Å². The highest BCUT2D eigenvalue weighted by Crippen LogP contribution is 2.16. The molecule has 0 aliphatic rings. The number of nitrogens with one attached hydrogen (secondary N) is 2. The van der Waals surface area contributed by atoms with E-state index in [0.29, 0.717) is 38.5 Å². The van der Waals surface area contributed by atoms with Crippen molar-refractivity contribution in [2.24, 2.45) is 0 Å². The lowest BCUT2D eigenvalue weighted by Crippen LogP contribution is -2.45. The number of rotatable bonds is 11. The fourth-order valence-corrected chi connectivity index (χ4v) is 3.12. The number of hydrogen-bond acceptors (Lipinski definition) is 5. The molecule has 0 fully saturated rings. The van der Waals surface area contributed by atoms with Gasteiger partial charge in [0.25, 0.3) is 0 Å². The van der Waals surface area contributed by atoms with Gasteiger partial charge in [0.2, 0.25) is 15.9 Å². The summed E-state index contributed by atoms with van der Waals surface area (Å²) < 4.78 is 37.4. The van der Waals surface area contributed by atoms with Crippen molar-refractivity contribution >= 4 is 15.9 Å². The largest absolute Gasteiger partial charge is 0.494 e. The van der Waals surface area contributed by atoms with Crippen LogP contribution in [0.25, 0.3) is 0 Å². The zero-order chi connectivity index (χ0) is 18.0. The van der Waals surface area contributed by atoms with Gasteiger partial charge in [-0.2, -0.15) is 4.72 Å². The Labute approximate surface area is 143 Å². The van der Waals surface area contributed by atoms with Gasteiger partial charge in [-0.15, -0.1) is 0 Å². The lowest BCUT2D eigenvalue weighted by Gasteiger charge is -2.14. The molecule has 0 saturated carbocycles. The molecule has 136 valence electrons. The zero-order valence-electron chi connectivity index (χ0n) is 14.4. The first-order valence-electron chi connectivity index (χ1n) is 8.01. The lowest BCUT2D eigenvalue weighted by molar-refractivity contribution is -0.122. The van der Waals surface area contributed by atoms with Crippen molar-refractivity contribution in [3.05, 3.63) is 24.3 Å².